The average Bonchev–Trinajstić information content (AvgIpc) is 2.95. The summed E-state index contributed by atoms with van der Waals surface area (Å²) in [6.45, 7) is 0. The molecule has 3 rings (SSSR count). The molecule has 0 amide bonds. The van der Waals surface area contributed by atoms with Gasteiger partial charge in [-0.2, -0.15) is 0 Å². The van der Waals surface area contributed by atoms with Gasteiger partial charge in [0.2, 0.25) is 0 Å². The van der Waals surface area contributed by atoms with Gasteiger partial charge in [0, 0.05) is 24.6 Å². The lowest BCUT2D eigenvalue weighted by Crippen LogP contribution is -2.09. The van der Waals surface area contributed by atoms with E-state index in [0.717, 1.165) is 5.56 Å². The molecule has 0 saturated heterocycles. The fraction of sp³-hybridized carbons (Fsp3) is 0.125. The Bertz CT molecular complexity index is 803. The van der Waals surface area contributed by atoms with Gasteiger partial charge in [-0.1, -0.05) is 22.8 Å². The number of halogens is 3. The standard InChI is InChI=1S/C16H11ClF2N2O/c17-13-5-9(1-2-14(13)19)6-16(21-22)12-7-10(18)8-15-11(12)3-4-20-15/h1-2,4-5,7-8,22H,3,6H2/b21-16+. The molecule has 0 atom stereocenters. The molecule has 112 valence electrons. The molecule has 22 heavy (non-hydrogen) atoms. The second-order valence-corrected chi connectivity index (χ2v) is 5.35. The first kappa shape index (κ1) is 14.7. The maximum absolute atomic E-state index is 13.7. The quantitative estimate of drug-likeness (QED) is 0.511. The van der Waals surface area contributed by atoms with Gasteiger partial charge in [-0.15, -0.1) is 0 Å². The van der Waals surface area contributed by atoms with Crippen molar-refractivity contribution in [2.75, 3.05) is 0 Å². The van der Waals surface area contributed by atoms with E-state index in [0.29, 0.717) is 23.2 Å². The molecular formula is C16H11ClF2N2O. The Kier molecular flexibility index (Phi) is 3.90. The normalized spacial score (nSPS) is 13.5. The number of hydrogen-bond donors (Lipinski definition) is 1. The van der Waals surface area contributed by atoms with Crippen LogP contribution in [0.5, 0.6) is 0 Å². The van der Waals surface area contributed by atoms with E-state index in [1.54, 1.807) is 12.3 Å². The Morgan fingerprint density at radius 1 is 1.27 bits per heavy atom. The van der Waals surface area contributed by atoms with E-state index in [1.165, 1.54) is 24.3 Å². The van der Waals surface area contributed by atoms with Gasteiger partial charge in [-0.3, -0.25) is 4.99 Å². The monoisotopic (exact) mass is 320 g/mol. The first-order valence-corrected chi connectivity index (χ1v) is 6.96. The Hall–Kier alpha value is -2.27. The Labute approximate surface area is 130 Å². The van der Waals surface area contributed by atoms with E-state index in [4.69, 9.17) is 11.6 Å². The van der Waals surface area contributed by atoms with E-state index < -0.39 is 11.6 Å². The van der Waals surface area contributed by atoms with Crippen LogP contribution in [-0.2, 0) is 12.8 Å². The molecule has 2 aromatic carbocycles. The number of nitrogens with zero attached hydrogens (tertiary/aromatic N) is 2. The minimum atomic E-state index is -0.520. The van der Waals surface area contributed by atoms with Crippen LogP contribution in [0.1, 0.15) is 16.7 Å². The number of rotatable bonds is 3. The Balaban J connectivity index is 1.98. The van der Waals surface area contributed by atoms with Gasteiger partial charge >= 0.3 is 0 Å². The van der Waals surface area contributed by atoms with E-state index in [1.807, 2.05) is 0 Å². The van der Waals surface area contributed by atoms with Crippen LogP contribution in [-0.4, -0.2) is 17.1 Å². The largest absolute Gasteiger partial charge is 0.411 e. The summed E-state index contributed by atoms with van der Waals surface area (Å²) < 4.78 is 26.9. The van der Waals surface area contributed by atoms with Crippen molar-refractivity contribution in [1.29, 1.82) is 0 Å². The number of oxime groups is 1. The van der Waals surface area contributed by atoms with Gasteiger partial charge in [-0.25, -0.2) is 8.78 Å². The average molecular weight is 321 g/mol. The van der Waals surface area contributed by atoms with Crippen molar-refractivity contribution in [2.24, 2.45) is 10.1 Å². The second-order valence-electron chi connectivity index (χ2n) is 4.94. The summed E-state index contributed by atoms with van der Waals surface area (Å²) in [5, 5.41) is 12.6. The van der Waals surface area contributed by atoms with Crippen molar-refractivity contribution >= 4 is 29.2 Å². The van der Waals surface area contributed by atoms with Gasteiger partial charge in [0.15, 0.2) is 0 Å². The summed E-state index contributed by atoms with van der Waals surface area (Å²) in [4.78, 5) is 4.10. The van der Waals surface area contributed by atoms with Crippen LogP contribution in [0.15, 0.2) is 40.5 Å². The fourth-order valence-electron chi connectivity index (χ4n) is 2.47. The molecule has 0 radical (unpaired) electrons. The van der Waals surface area contributed by atoms with Gasteiger partial charge < -0.3 is 5.21 Å². The van der Waals surface area contributed by atoms with Crippen molar-refractivity contribution < 1.29 is 14.0 Å². The molecule has 0 spiro atoms. The zero-order valence-corrected chi connectivity index (χ0v) is 12.1. The van der Waals surface area contributed by atoms with Gasteiger partial charge in [0.05, 0.1) is 16.4 Å². The number of fused-ring (bicyclic) bond motifs is 1. The first-order valence-electron chi connectivity index (χ1n) is 6.58. The third kappa shape index (κ3) is 2.72. The lowest BCUT2D eigenvalue weighted by atomic mass is 9.96. The van der Waals surface area contributed by atoms with Crippen LogP contribution in [0.2, 0.25) is 5.02 Å². The molecular weight excluding hydrogens is 310 g/mol. The first-order chi connectivity index (χ1) is 10.6. The van der Waals surface area contributed by atoms with Crippen LogP contribution in [0.4, 0.5) is 14.5 Å². The molecule has 0 bridgehead atoms. The minimum Gasteiger partial charge on any atom is -0.411 e. The van der Waals surface area contributed by atoms with Crippen LogP contribution < -0.4 is 0 Å². The predicted molar refractivity (Wildman–Crippen MR) is 81.7 cm³/mol. The zero-order valence-electron chi connectivity index (χ0n) is 11.4. The summed E-state index contributed by atoms with van der Waals surface area (Å²) in [5.41, 5.74) is 2.78. The zero-order chi connectivity index (χ0) is 15.7. The van der Waals surface area contributed by atoms with Crippen molar-refractivity contribution in [3.63, 3.8) is 0 Å². The maximum atomic E-state index is 13.7. The highest BCUT2D eigenvalue weighted by atomic mass is 35.5. The Morgan fingerprint density at radius 3 is 2.82 bits per heavy atom. The van der Waals surface area contributed by atoms with Gasteiger partial charge in [-0.05, 0) is 35.4 Å². The SMILES string of the molecule is O/N=C(\Cc1ccc(F)c(Cl)c1)c1cc(F)cc2c1CC=N2. The second kappa shape index (κ2) is 5.85. The third-order valence-electron chi connectivity index (χ3n) is 3.50. The summed E-state index contributed by atoms with van der Waals surface area (Å²) >= 11 is 5.75. The highest BCUT2D eigenvalue weighted by molar-refractivity contribution is 6.30. The van der Waals surface area contributed by atoms with Crippen molar-refractivity contribution in [3.8, 4) is 0 Å². The number of benzene rings is 2. The minimum absolute atomic E-state index is 0.0115. The molecule has 1 aliphatic rings. The molecule has 3 nitrogen and oxygen atoms in total. The van der Waals surface area contributed by atoms with E-state index >= 15 is 0 Å². The molecule has 0 fully saturated rings. The number of hydrogen-bond acceptors (Lipinski definition) is 3. The number of aliphatic imine (C=N–C) groups is 1. The molecule has 6 heteroatoms. The molecule has 2 aromatic rings. The summed E-state index contributed by atoms with van der Waals surface area (Å²) in [6, 6.07) is 6.89. The van der Waals surface area contributed by atoms with Crippen LogP contribution >= 0.6 is 11.6 Å². The fourth-order valence-corrected chi connectivity index (χ4v) is 2.68. The van der Waals surface area contributed by atoms with E-state index in [2.05, 4.69) is 10.1 Å². The van der Waals surface area contributed by atoms with E-state index in [9.17, 15) is 14.0 Å². The summed E-state index contributed by atoms with van der Waals surface area (Å²) in [5.74, 6) is -0.973. The summed E-state index contributed by atoms with van der Waals surface area (Å²) in [6.07, 6.45) is 2.43. The summed E-state index contributed by atoms with van der Waals surface area (Å²) in [7, 11) is 0. The van der Waals surface area contributed by atoms with Crippen LogP contribution in [0, 0.1) is 11.6 Å². The topological polar surface area (TPSA) is 45.0 Å². The highest BCUT2D eigenvalue weighted by Gasteiger charge is 2.18. The maximum Gasteiger partial charge on any atom is 0.141 e. The van der Waals surface area contributed by atoms with Gasteiger partial charge in [0.1, 0.15) is 11.6 Å². The molecule has 1 aliphatic heterocycles. The lowest BCUT2D eigenvalue weighted by molar-refractivity contribution is 0.318. The highest BCUT2D eigenvalue weighted by Crippen LogP contribution is 2.30. The van der Waals surface area contributed by atoms with Crippen molar-refractivity contribution in [3.05, 3.63) is 63.7 Å². The van der Waals surface area contributed by atoms with Crippen molar-refractivity contribution in [2.45, 2.75) is 12.8 Å². The van der Waals surface area contributed by atoms with Crippen LogP contribution in [0.3, 0.4) is 0 Å². The van der Waals surface area contributed by atoms with E-state index in [-0.39, 0.29) is 17.2 Å². The smallest absolute Gasteiger partial charge is 0.141 e. The molecule has 0 saturated carbocycles. The predicted octanol–water partition coefficient (Wildman–Crippen LogP) is 4.30. The third-order valence-corrected chi connectivity index (χ3v) is 3.79. The molecule has 0 aliphatic carbocycles. The Morgan fingerprint density at radius 2 is 2.09 bits per heavy atom. The molecule has 1 heterocycles. The van der Waals surface area contributed by atoms with Crippen LogP contribution in [0.25, 0.3) is 0 Å². The van der Waals surface area contributed by atoms with Gasteiger partial charge in [0.25, 0.3) is 0 Å². The molecule has 0 aromatic heterocycles. The molecule has 1 N–H and O–H groups in total. The lowest BCUT2D eigenvalue weighted by Gasteiger charge is -2.10. The molecule has 0 unspecified atom stereocenters. The van der Waals surface area contributed by atoms with Crippen molar-refractivity contribution in [1.82, 2.24) is 0 Å².